The summed E-state index contributed by atoms with van der Waals surface area (Å²) in [4.78, 5) is 14.5. The summed E-state index contributed by atoms with van der Waals surface area (Å²) in [7, 11) is 0. The summed E-state index contributed by atoms with van der Waals surface area (Å²) in [5.41, 5.74) is 0.759. The minimum atomic E-state index is 0.115. The van der Waals surface area contributed by atoms with E-state index < -0.39 is 0 Å². The molecule has 3 nitrogen and oxygen atoms in total. The van der Waals surface area contributed by atoms with E-state index in [0.29, 0.717) is 6.04 Å². The van der Waals surface area contributed by atoms with Crippen molar-refractivity contribution in [2.24, 2.45) is 0 Å². The average Bonchev–Trinajstić information content (AvgIpc) is 2.75. The van der Waals surface area contributed by atoms with Crippen LogP contribution < -0.4 is 5.32 Å². The van der Waals surface area contributed by atoms with Crippen LogP contribution in [0.3, 0.4) is 0 Å². The van der Waals surface area contributed by atoms with Crippen molar-refractivity contribution in [3.8, 4) is 0 Å². The maximum atomic E-state index is 12.5. The lowest BCUT2D eigenvalue weighted by Gasteiger charge is -2.30. The van der Waals surface area contributed by atoms with E-state index in [-0.39, 0.29) is 5.91 Å². The number of likely N-dealkylation sites (N-methyl/N-ethyl adjacent to an activating group) is 1. The van der Waals surface area contributed by atoms with Gasteiger partial charge in [0.25, 0.3) is 5.91 Å². The van der Waals surface area contributed by atoms with E-state index in [0.717, 1.165) is 39.2 Å². The zero-order valence-electron chi connectivity index (χ0n) is 10.9. The molecular weight excluding hydrogens is 392 g/mol. The summed E-state index contributed by atoms with van der Waals surface area (Å²) < 4.78 is 1.88. The molecule has 19 heavy (non-hydrogen) atoms. The Hall–Kier alpha value is 0.0900. The Labute approximate surface area is 135 Å². The molecule has 1 aromatic heterocycles. The van der Waals surface area contributed by atoms with E-state index >= 15 is 0 Å². The molecule has 1 fully saturated rings. The van der Waals surface area contributed by atoms with Gasteiger partial charge in [0.1, 0.15) is 0 Å². The number of nitrogens with zero attached hydrogens (tertiary/aromatic N) is 1. The van der Waals surface area contributed by atoms with Crippen LogP contribution in [0.5, 0.6) is 0 Å². The second-order valence-corrected chi connectivity index (χ2v) is 8.48. The lowest BCUT2D eigenvalue weighted by molar-refractivity contribution is 0.0741. The number of hydrogen-bond acceptors (Lipinski definition) is 3. The van der Waals surface area contributed by atoms with Crippen LogP contribution in [0.2, 0.25) is 0 Å². The van der Waals surface area contributed by atoms with Gasteiger partial charge in [0, 0.05) is 19.1 Å². The Balaban J connectivity index is 2.04. The van der Waals surface area contributed by atoms with Crippen molar-refractivity contribution in [2.75, 3.05) is 19.6 Å². The molecule has 106 valence electrons. The molecule has 1 N–H and O–H groups in total. The fraction of sp³-hybridized carbons (Fsp3) is 0.615. The largest absolute Gasteiger partial charge is 0.337 e. The standard InChI is InChI=1S/C13H18Br2N2OS/c1-2-17(8-9-5-3-4-6-16-9)13(18)10-7-11(14)19-12(10)15/h7,9,16H,2-6,8H2,1H3. The number of thiophene rings is 1. The molecule has 1 aromatic rings. The summed E-state index contributed by atoms with van der Waals surface area (Å²) in [6.07, 6.45) is 3.68. The highest BCUT2D eigenvalue weighted by Gasteiger charge is 2.23. The van der Waals surface area contributed by atoms with Gasteiger partial charge in [-0.05, 0) is 64.2 Å². The maximum absolute atomic E-state index is 12.5. The number of carbonyl (C=O) groups is 1. The highest BCUT2D eigenvalue weighted by Crippen LogP contribution is 2.32. The van der Waals surface area contributed by atoms with E-state index in [1.54, 1.807) is 11.3 Å². The number of halogens is 2. The third kappa shape index (κ3) is 4.03. The monoisotopic (exact) mass is 408 g/mol. The topological polar surface area (TPSA) is 32.3 Å². The number of amides is 1. The lowest BCUT2D eigenvalue weighted by atomic mass is 10.0. The SMILES string of the molecule is CCN(CC1CCCCN1)C(=O)c1cc(Br)sc1Br. The van der Waals surface area contributed by atoms with Crippen LogP contribution in [-0.2, 0) is 0 Å². The third-order valence-corrected chi connectivity index (χ3v) is 5.75. The molecule has 6 heteroatoms. The molecule has 0 radical (unpaired) electrons. The van der Waals surface area contributed by atoms with Crippen molar-refractivity contribution in [3.05, 3.63) is 19.2 Å². The zero-order chi connectivity index (χ0) is 13.8. The van der Waals surface area contributed by atoms with E-state index in [4.69, 9.17) is 0 Å². The van der Waals surface area contributed by atoms with Crippen molar-refractivity contribution in [3.63, 3.8) is 0 Å². The van der Waals surface area contributed by atoms with Gasteiger partial charge < -0.3 is 10.2 Å². The van der Waals surface area contributed by atoms with Crippen LogP contribution in [0.1, 0.15) is 36.5 Å². The predicted molar refractivity (Wildman–Crippen MR) is 86.9 cm³/mol. The fourth-order valence-corrected chi connectivity index (χ4v) is 5.14. The summed E-state index contributed by atoms with van der Waals surface area (Å²) in [6.45, 7) is 4.66. The van der Waals surface area contributed by atoms with Gasteiger partial charge in [-0.3, -0.25) is 4.79 Å². The smallest absolute Gasteiger partial charge is 0.255 e. The number of carbonyl (C=O) groups excluding carboxylic acids is 1. The first kappa shape index (κ1) is 15.5. The van der Waals surface area contributed by atoms with Gasteiger partial charge in [-0.1, -0.05) is 6.42 Å². The lowest BCUT2D eigenvalue weighted by Crippen LogP contribution is -2.45. The van der Waals surface area contributed by atoms with E-state index in [2.05, 4.69) is 37.2 Å². The van der Waals surface area contributed by atoms with Crippen molar-refractivity contribution >= 4 is 49.1 Å². The van der Waals surface area contributed by atoms with Crippen LogP contribution in [0.4, 0.5) is 0 Å². The first-order valence-electron chi connectivity index (χ1n) is 6.59. The molecule has 1 aliphatic heterocycles. The molecule has 0 saturated carbocycles. The minimum absolute atomic E-state index is 0.115. The van der Waals surface area contributed by atoms with Crippen molar-refractivity contribution in [1.29, 1.82) is 0 Å². The van der Waals surface area contributed by atoms with Gasteiger partial charge in [0.15, 0.2) is 0 Å². The molecule has 1 aliphatic rings. The number of piperidine rings is 1. The van der Waals surface area contributed by atoms with E-state index in [9.17, 15) is 4.79 Å². The predicted octanol–water partition coefficient (Wildman–Crippen LogP) is 3.88. The van der Waals surface area contributed by atoms with Gasteiger partial charge in [-0.25, -0.2) is 0 Å². The molecule has 1 atom stereocenters. The number of rotatable bonds is 4. The third-order valence-electron chi connectivity index (χ3n) is 3.41. The average molecular weight is 410 g/mol. The number of nitrogens with one attached hydrogen (secondary N) is 1. The Kier molecular flexibility index (Phi) is 5.87. The summed E-state index contributed by atoms with van der Waals surface area (Å²) in [6, 6.07) is 2.34. The summed E-state index contributed by atoms with van der Waals surface area (Å²) >= 11 is 8.43. The van der Waals surface area contributed by atoms with E-state index in [1.807, 2.05) is 17.9 Å². The second kappa shape index (κ2) is 7.20. The Morgan fingerprint density at radius 1 is 1.53 bits per heavy atom. The molecule has 1 amide bonds. The second-order valence-electron chi connectivity index (χ2n) is 4.73. The van der Waals surface area contributed by atoms with Crippen molar-refractivity contribution < 1.29 is 4.79 Å². The Morgan fingerprint density at radius 3 is 2.84 bits per heavy atom. The molecule has 0 spiro atoms. The Morgan fingerprint density at radius 2 is 2.32 bits per heavy atom. The maximum Gasteiger partial charge on any atom is 0.255 e. The minimum Gasteiger partial charge on any atom is -0.337 e. The molecule has 0 bridgehead atoms. The number of hydrogen-bond donors (Lipinski definition) is 1. The summed E-state index contributed by atoms with van der Waals surface area (Å²) in [5.74, 6) is 0.115. The van der Waals surface area contributed by atoms with Gasteiger partial charge in [-0.15, -0.1) is 11.3 Å². The first-order chi connectivity index (χ1) is 9.11. The first-order valence-corrected chi connectivity index (χ1v) is 8.99. The van der Waals surface area contributed by atoms with Crippen molar-refractivity contribution in [1.82, 2.24) is 10.2 Å². The molecule has 0 aromatic carbocycles. The van der Waals surface area contributed by atoms with Gasteiger partial charge in [-0.2, -0.15) is 0 Å². The fourth-order valence-electron chi connectivity index (χ4n) is 2.36. The Bertz CT molecular complexity index is 444. The van der Waals surface area contributed by atoms with Crippen LogP contribution in [-0.4, -0.2) is 36.5 Å². The van der Waals surface area contributed by atoms with E-state index in [1.165, 1.54) is 12.8 Å². The molecule has 1 saturated heterocycles. The highest BCUT2D eigenvalue weighted by molar-refractivity contribution is 9.12. The van der Waals surface area contributed by atoms with Crippen LogP contribution in [0, 0.1) is 0 Å². The van der Waals surface area contributed by atoms with Gasteiger partial charge >= 0.3 is 0 Å². The van der Waals surface area contributed by atoms with Gasteiger partial charge in [0.2, 0.25) is 0 Å². The van der Waals surface area contributed by atoms with Crippen LogP contribution in [0.25, 0.3) is 0 Å². The molecule has 2 rings (SSSR count). The van der Waals surface area contributed by atoms with Crippen LogP contribution in [0.15, 0.2) is 13.6 Å². The molecular formula is C13H18Br2N2OS. The van der Waals surface area contributed by atoms with Crippen LogP contribution >= 0.6 is 43.2 Å². The van der Waals surface area contributed by atoms with Crippen molar-refractivity contribution in [2.45, 2.75) is 32.2 Å². The molecule has 1 unspecified atom stereocenters. The quantitative estimate of drug-likeness (QED) is 0.818. The highest BCUT2D eigenvalue weighted by atomic mass is 79.9. The normalized spacial score (nSPS) is 19.4. The summed E-state index contributed by atoms with van der Waals surface area (Å²) in [5, 5.41) is 3.50. The molecule has 0 aliphatic carbocycles. The molecule has 2 heterocycles. The van der Waals surface area contributed by atoms with Gasteiger partial charge in [0.05, 0.1) is 13.1 Å². The zero-order valence-corrected chi connectivity index (χ0v) is 14.9.